The van der Waals surface area contributed by atoms with Gasteiger partial charge < -0.3 is 5.32 Å². The lowest BCUT2D eigenvalue weighted by Crippen LogP contribution is -2.24. The fourth-order valence-corrected chi connectivity index (χ4v) is 3.09. The molecule has 1 aromatic carbocycles. The molecule has 0 fully saturated rings. The second-order valence-corrected chi connectivity index (χ2v) is 5.56. The van der Waals surface area contributed by atoms with E-state index in [-0.39, 0.29) is 0 Å². The third-order valence-corrected chi connectivity index (χ3v) is 4.03. The molecule has 1 N–H and O–H groups in total. The standard InChI is InChI=1S/C15H20N2S/c1-4-17-14(8-13-9-16-10-18-13)15-11(2)6-5-7-12(15)3/h5-7,9-10,14,17H,4,8H2,1-3H3. The first-order valence-electron chi connectivity index (χ1n) is 6.39. The van der Waals surface area contributed by atoms with Crippen molar-refractivity contribution in [3.05, 3.63) is 51.5 Å². The van der Waals surface area contributed by atoms with Crippen LogP contribution in [0.3, 0.4) is 0 Å². The van der Waals surface area contributed by atoms with Crippen molar-refractivity contribution in [3.8, 4) is 0 Å². The van der Waals surface area contributed by atoms with Gasteiger partial charge in [-0.05, 0) is 37.1 Å². The van der Waals surface area contributed by atoms with Crippen LogP contribution in [0.15, 0.2) is 29.9 Å². The van der Waals surface area contributed by atoms with Crippen molar-refractivity contribution in [2.75, 3.05) is 6.54 Å². The number of benzene rings is 1. The van der Waals surface area contributed by atoms with Crippen LogP contribution in [0.5, 0.6) is 0 Å². The van der Waals surface area contributed by atoms with Crippen LogP contribution < -0.4 is 5.32 Å². The predicted molar refractivity (Wildman–Crippen MR) is 78.2 cm³/mol. The Morgan fingerprint density at radius 3 is 2.56 bits per heavy atom. The lowest BCUT2D eigenvalue weighted by atomic mass is 9.94. The fraction of sp³-hybridized carbons (Fsp3) is 0.400. The third kappa shape index (κ3) is 2.98. The lowest BCUT2D eigenvalue weighted by molar-refractivity contribution is 0.548. The average Bonchev–Trinajstić information content (AvgIpc) is 2.82. The molecule has 1 atom stereocenters. The summed E-state index contributed by atoms with van der Waals surface area (Å²) in [6.45, 7) is 7.53. The van der Waals surface area contributed by atoms with E-state index >= 15 is 0 Å². The predicted octanol–water partition coefficient (Wildman–Crippen LogP) is 3.65. The number of nitrogens with one attached hydrogen (secondary N) is 1. The summed E-state index contributed by atoms with van der Waals surface area (Å²) in [5, 5.41) is 3.60. The van der Waals surface area contributed by atoms with Gasteiger partial charge >= 0.3 is 0 Å². The van der Waals surface area contributed by atoms with Crippen molar-refractivity contribution in [2.24, 2.45) is 0 Å². The maximum absolute atomic E-state index is 4.16. The highest BCUT2D eigenvalue weighted by Crippen LogP contribution is 2.26. The Kier molecular flexibility index (Phi) is 4.50. The van der Waals surface area contributed by atoms with Gasteiger partial charge in [-0.3, -0.25) is 4.98 Å². The largest absolute Gasteiger partial charge is 0.310 e. The minimum Gasteiger partial charge on any atom is -0.310 e. The Labute approximate surface area is 113 Å². The zero-order valence-electron chi connectivity index (χ0n) is 11.2. The highest BCUT2D eigenvalue weighted by molar-refractivity contribution is 7.09. The summed E-state index contributed by atoms with van der Waals surface area (Å²) in [6, 6.07) is 6.90. The van der Waals surface area contributed by atoms with E-state index in [2.05, 4.69) is 49.3 Å². The molecule has 2 nitrogen and oxygen atoms in total. The van der Waals surface area contributed by atoms with Gasteiger partial charge in [0.15, 0.2) is 0 Å². The number of aromatic nitrogens is 1. The van der Waals surface area contributed by atoms with E-state index < -0.39 is 0 Å². The molecule has 0 aliphatic rings. The van der Waals surface area contributed by atoms with Crippen molar-refractivity contribution in [2.45, 2.75) is 33.2 Å². The molecule has 0 bridgehead atoms. The molecule has 96 valence electrons. The van der Waals surface area contributed by atoms with E-state index in [9.17, 15) is 0 Å². The Morgan fingerprint density at radius 1 is 1.28 bits per heavy atom. The molecule has 1 heterocycles. The van der Waals surface area contributed by atoms with Crippen LogP contribution in [-0.4, -0.2) is 11.5 Å². The van der Waals surface area contributed by atoms with Crippen LogP contribution in [0.1, 0.15) is 34.5 Å². The quantitative estimate of drug-likeness (QED) is 0.887. The van der Waals surface area contributed by atoms with Gasteiger partial charge in [-0.25, -0.2) is 0 Å². The maximum Gasteiger partial charge on any atom is 0.0794 e. The van der Waals surface area contributed by atoms with Crippen LogP contribution in [0.2, 0.25) is 0 Å². The number of hydrogen-bond acceptors (Lipinski definition) is 3. The summed E-state index contributed by atoms with van der Waals surface area (Å²) in [5.41, 5.74) is 6.08. The van der Waals surface area contributed by atoms with E-state index in [1.165, 1.54) is 21.6 Å². The molecule has 2 rings (SSSR count). The Bertz CT molecular complexity index is 471. The fourth-order valence-electron chi connectivity index (χ4n) is 2.44. The first-order valence-corrected chi connectivity index (χ1v) is 7.27. The summed E-state index contributed by atoms with van der Waals surface area (Å²) < 4.78 is 0. The van der Waals surface area contributed by atoms with Crippen molar-refractivity contribution < 1.29 is 0 Å². The Hall–Kier alpha value is -1.19. The van der Waals surface area contributed by atoms with Gasteiger partial charge in [-0.1, -0.05) is 25.1 Å². The monoisotopic (exact) mass is 260 g/mol. The summed E-state index contributed by atoms with van der Waals surface area (Å²) in [7, 11) is 0. The summed E-state index contributed by atoms with van der Waals surface area (Å²) in [5.74, 6) is 0. The van der Waals surface area contributed by atoms with Crippen molar-refractivity contribution in [1.29, 1.82) is 0 Å². The van der Waals surface area contributed by atoms with E-state index in [0.29, 0.717) is 6.04 Å². The maximum atomic E-state index is 4.16. The van der Waals surface area contributed by atoms with Crippen LogP contribution >= 0.6 is 11.3 Å². The smallest absolute Gasteiger partial charge is 0.0794 e. The second-order valence-electron chi connectivity index (χ2n) is 4.59. The number of aryl methyl sites for hydroxylation is 2. The number of hydrogen-bond donors (Lipinski definition) is 1. The molecule has 0 saturated carbocycles. The molecule has 0 amide bonds. The van der Waals surface area contributed by atoms with E-state index in [0.717, 1.165) is 13.0 Å². The van der Waals surface area contributed by atoms with Crippen LogP contribution in [-0.2, 0) is 6.42 Å². The van der Waals surface area contributed by atoms with Gasteiger partial charge in [0.2, 0.25) is 0 Å². The van der Waals surface area contributed by atoms with Gasteiger partial charge in [-0.2, -0.15) is 0 Å². The molecule has 0 radical (unpaired) electrons. The van der Waals surface area contributed by atoms with Crippen molar-refractivity contribution >= 4 is 11.3 Å². The Balaban J connectivity index is 2.29. The molecule has 0 aliphatic heterocycles. The molecule has 1 unspecified atom stereocenters. The van der Waals surface area contributed by atoms with Crippen molar-refractivity contribution in [1.82, 2.24) is 10.3 Å². The molecule has 0 spiro atoms. The molecule has 18 heavy (non-hydrogen) atoms. The highest BCUT2D eigenvalue weighted by atomic mass is 32.1. The summed E-state index contributed by atoms with van der Waals surface area (Å²) >= 11 is 1.73. The molecule has 0 saturated heterocycles. The highest BCUT2D eigenvalue weighted by Gasteiger charge is 2.16. The lowest BCUT2D eigenvalue weighted by Gasteiger charge is -2.22. The first kappa shape index (κ1) is 13.2. The average molecular weight is 260 g/mol. The van der Waals surface area contributed by atoms with Gasteiger partial charge in [0.25, 0.3) is 0 Å². The van der Waals surface area contributed by atoms with Gasteiger partial charge in [0.1, 0.15) is 0 Å². The van der Waals surface area contributed by atoms with Crippen LogP contribution in [0, 0.1) is 13.8 Å². The zero-order chi connectivity index (χ0) is 13.0. The second kappa shape index (κ2) is 6.12. The van der Waals surface area contributed by atoms with Crippen LogP contribution in [0.4, 0.5) is 0 Å². The van der Waals surface area contributed by atoms with Gasteiger partial charge in [0, 0.05) is 23.5 Å². The topological polar surface area (TPSA) is 24.9 Å². The molecule has 1 aromatic heterocycles. The van der Waals surface area contributed by atoms with Gasteiger partial charge in [0.05, 0.1) is 5.51 Å². The molecular weight excluding hydrogens is 240 g/mol. The SMILES string of the molecule is CCNC(Cc1cncs1)c1c(C)cccc1C. The number of nitrogens with zero attached hydrogens (tertiary/aromatic N) is 1. The zero-order valence-corrected chi connectivity index (χ0v) is 12.1. The first-order chi connectivity index (χ1) is 8.72. The molecule has 3 heteroatoms. The van der Waals surface area contributed by atoms with Crippen molar-refractivity contribution in [3.63, 3.8) is 0 Å². The minimum absolute atomic E-state index is 0.386. The molecule has 2 aromatic rings. The molecule has 0 aliphatic carbocycles. The minimum atomic E-state index is 0.386. The summed E-state index contributed by atoms with van der Waals surface area (Å²) in [4.78, 5) is 5.50. The van der Waals surface area contributed by atoms with Gasteiger partial charge in [-0.15, -0.1) is 11.3 Å². The van der Waals surface area contributed by atoms with E-state index in [4.69, 9.17) is 0 Å². The number of rotatable bonds is 5. The molecular formula is C15H20N2S. The normalized spacial score (nSPS) is 12.6. The van der Waals surface area contributed by atoms with Crippen LogP contribution in [0.25, 0.3) is 0 Å². The van der Waals surface area contributed by atoms with E-state index in [1.807, 2.05) is 11.7 Å². The Morgan fingerprint density at radius 2 is 2.00 bits per heavy atom. The van der Waals surface area contributed by atoms with E-state index in [1.54, 1.807) is 11.3 Å². The third-order valence-electron chi connectivity index (χ3n) is 3.23. The number of likely N-dealkylation sites (N-methyl/N-ethyl adjacent to an activating group) is 1. The number of thiazole rings is 1. The summed E-state index contributed by atoms with van der Waals surface area (Å²) in [6.07, 6.45) is 2.99.